The van der Waals surface area contributed by atoms with Crippen LogP contribution in [0, 0.1) is 5.92 Å². The minimum Gasteiger partial charge on any atom is -0.662 e. The standard InChI is InChI=1S/C12H24O3.C12H18O3.C5H10N.C5H8N.2Cu/c2*1-9(13)7-11(14)8-12(15)10-5-3-2-4-6-10;2*1-2-4-6-5-3-1;;/h9-15H,2-8H2,1H3;2-6,9,11-15H,7-8H2,1H3;1-5H2;1-2H,3-5H2;;/q;;2*-1;2*+1. The second-order valence-electron chi connectivity index (χ2n) is 12.0. The minimum absolute atomic E-state index is 0. The molecule has 2 heterocycles. The van der Waals surface area contributed by atoms with Crippen LogP contribution < -0.4 is 0 Å². The summed E-state index contributed by atoms with van der Waals surface area (Å²) in [6, 6.07) is 9.21. The number of benzene rings is 1. The van der Waals surface area contributed by atoms with E-state index in [1.54, 1.807) is 13.8 Å². The fraction of sp³-hybridized carbons (Fsp3) is 0.765. The average Bonchev–Trinajstić information content (AvgIpc) is 3.00. The molecule has 44 heavy (non-hydrogen) atoms. The zero-order valence-electron chi connectivity index (χ0n) is 26.8. The second-order valence-corrected chi connectivity index (χ2v) is 12.0. The molecule has 4 rings (SSSR count). The Morgan fingerprint density at radius 3 is 1.57 bits per heavy atom. The summed E-state index contributed by atoms with van der Waals surface area (Å²) < 4.78 is 0. The van der Waals surface area contributed by atoms with Crippen LogP contribution in [-0.2, 0) is 34.1 Å². The molecule has 2 fully saturated rings. The molecule has 0 amide bonds. The van der Waals surface area contributed by atoms with Crippen molar-refractivity contribution in [3.8, 4) is 0 Å². The summed E-state index contributed by atoms with van der Waals surface area (Å²) in [5.41, 5.74) is 0.794. The van der Waals surface area contributed by atoms with Crippen molar-refractivity contribution in [2.75, 3.05) is 26.2 Å². The Morgan fingerprint density at radius 2 is 1.18 bits per heavy atom. The third-order valence-corrected chi connectivity index (χ3v) is 7.60. The van der Waals surface area contributed by atoms with Crippen molar-refractivity contribution in [2.45, 2.75) is 134 Å². The number of hydrogen-bond donors (Lipinski definition) is 6. The van der Waals surface area contributed by atoms with Gasteiger partial charge in [-0.05, 0) is 57.4 Å². The quantitative estimate of drug-likeness (QED) is 0.138. The topological polar surface area (TPSA) is 150 Å². The average molecular weight is 720 g/mol. The van der Waals surface area contributed by atoms with Gasteiger partial charge >= 0.3 is 34.1 Å². The van der Waals surface area contributed by atoms with E-state index in [-0.39, 0.29) is 46.7 Å². The first-order valence-electron chi connectivity index (χ1n) is 16.2. The Kier molecular flexibility index (Phi) is 31.3. The molecule has 1 saturated heterocycles. The molecule has 1 aliphatic carbocycles. The van der Waals surface area contributed by atoms with Gasteiger partial charge in [0.25, 0.3) is 0 Å². The number of piperidine rings is 1. The minimum atomic E-state index is -0.667. The number of hydrogen-bond acceptors (Lipinski definition) is 6. The van der Waals surface area contributed by atoms with Crippen LogP contribution in [0.1, 0.15) is 109 Å². The number of rotatable bonds is 10. The third-order valence-electron chi connectivity index (χ3n) is 7.60. The van der Waals surface area contributed by atoms with Gasteiger partial charge in [-0.3, -0.25) is 0 Å². The summed E-state index contributed by atoms with van der Waals surface area (Å²) >= 11 is 0. The van der Waals surface area contributed by atoms with Crippen molar-refractivity contribution in [1.29, 1.82) is 0 Å². The van der Waals surface area contributed by atoms with E-state index in [9.17, 15) is 20.4 Å². The van der Waals surface area contributed by atoms with Crippen molar-refractivity contribution in [3.63, 3.8) is 0 Å². The molecule has 1 aromatic carbocycles. The van der Waals surface area contributed by atoms with Crippen LogP contribution in [0.5, 0.6) is 0 Å². The first-order chi connectivity index (χ1) is 20.2. The van der Waals surface area contributed by atoms with Gasteiger partial charge in [0.15, 0.2) is 0 Å². The van der Waals surface area contributed by atoms with Gasteiger partial charge in [-0.2, -0.15) is 0 Å². The van der Waals surface area contributed by atoms with Gasteiger partial charge in [-0.25, -0.2) is 0 Å². The molecule has 6 unspecified atom stereocenters. The predicted molar refractivity (Wildman–Crippen MR) is 172 cm³/mol. The number of aliphatic hydroxyl groups excluding tert-OH is 6. The first-order valence-corrected chi connectivity index (χ1v) is 16.2. The van der Waals surface area contributed by atoms with E-state index < -0.39 is 30.5 Å². The summed E-state index contributed by atoms with van der Waals surface area (Å²) in [5.74, 6) is 0.363. The van der Waals surface area contributed by atoms with Gasteiger partial charge in [0.05, 0.1) is 36.6 Å². The van der Waals surface area contributed by atoms with Gasteiger partial charge in [0.1, 0.15) is 0 Å². The zero-order chi connectivity index (χ0) is 31.0. The van der Waals surface area contributed by atoms with Crippen molar-refractivity contribution < 1.29 is 64.8 Å². The largest absolute Gasteiger partial charge is 1.00 e. The fourth-order valence-electron chi connectivity index (χ4n) is 5.30. The summed E-state index contributed by atoms with van der Waals surface area (Å²) in [6.45, 7) is 7.52. The van der Waals surface area contributed by atoms with Crippen molar-refractivity contribution in [3.05, 3.63) is 58.7 Å². The number of aliphatic hydroxyl groups is 6. The van der Waals surface area contributed by atoms with E-state index in [0.717, 1.165) is 51.0 Å². The van der Waals surface area contributed by atoms with Crippen LogP contribution >= 0.6 is 0 Å². The maximum Gasteiger partial charge on any atom is 1.00 e. The molecule has 1 aromatic rings. The molecule has 0 spiro atoms. The van der Waals surface area contributed by atoms with E-state index >= 15 is 0 Å². The monoisotopic (exact) mass is 718 g/mol. The van der Waals surface area contributed by atoms with Crippen LogP contribution in [0.3, 0.4) is 0 Å². The summed E-state index contributed by atoms with van der Waals surface area (Å²) in [4.78, 5) is 0. The maximum absolute atomic E-state index is 9.92. The fourth-order valence-corrected chi connectivity index (χ4v) is 5.30. The van der Waals surface area contributed by atoms with Crippen LogP contribution in [0.25, 0.3) is 10.6 Å². The normalized spacial score (nSPS) is 20.5. The van der Waals surface area contributed by atoms with Crippen molar-refractivity contribution >= 4 is 0 Å². The molecular formula is C34H60Cu2N2O6. The Hall–Kier alpha value is -0.321. The van der Waals surface area contributed by atoms with E-state index in [1.165, 1.54) is 38.5 Å². The Balaban J connectivity index is 0. The van der Waals surface area contributed by atoms with Crippen molar-refractivity contribution in [1.82, 2.24) is 0 Å². The summed E-state index contributed by atoms with van der Waals surface area (Å²) in [6.07, 6.45) is 13.4. The van der Waals surface area contributed by atoms with E-state index in [4.69, 9.17) is 10.2 Å². The molecule has 8 nitrogen and oxygen atoms in total. The van der Waals surface area contributed by atoms with Crippen LogP contribution in [0.2, 0.25) is 0 Å². The van der Waals surface area contributed by atoms with Crippen LogP contribution in [-0.4, -0.2) is 87.3 Å². The molecule has 6 N–H and O–H groups in total. The molecule has 2 aliphatic heterocycles. The second kappa shape index (κ2) is 30.0. The first kappa shape index (κ1) is 45.8. The van der Waals surface area contributed by atoms with Gasteiger partial charge in [0, 0.05) is 6.42 Å². The Labute approximate surface area is 288 Å². The predicted octanol–water partition coefficient (Wildman–Crippen LogP) is 5.55. The molecule has 6 atom stereocenters. The van der Waals surface area contributed by atoms with E-state index in [1.807, 2.05) is 30.3 Å². The third kappa shape index (κ3) is 25.8. The molecule has 0 radical (unpaired) electrons. The van der Waals surface area contributed by atoms with Gasteiger partial charge in [0.2, 0.25) is 0 Å². The molecular weight excluding hydrogens is 659 g/mol. The van der Waals surface area contributed by atoms with Crippen LogP contribution in [0.15, 0.2) is 42.5 Å². The van der Waals surface area contributed by atoms with E-state index in [2.05, 4.69) is 22.8 Å². The van der Waals surface area contributed by atoms with Crippen LogP contribution in [0.4, 0.5) is 0 Å². The molecule has 0 bridgehead atoms. The van der Waals surface area contributed by atoms with Gasteiger partial charge in [-0.1, -0.05) is 81.4 Å². The molecule has 10 heteroatoms. The molecule has 3 aliphatic rings. The Morgan fingerprint density at radius 1 is 0.636 bits per heavy atom. The summed E-state index contributed by atoms with van der Waals surface area (Å²) in [7, 11) is 0. The van der Waals surface area contributed by atoms with Gasteiger partial charge in [-0.15, -0.1) is 32.3 Å². The Bertz CT molecular complexity index is 746. The molecule has 1 saturated carbocycles. The summed E-state index contributed by atoms with van der Waals surface area (Å²) in [5, 5.41) is 65.2. The van der Waals surface area contributed by atoms with Gasteiger partial charge < -0.3 is 41.3 Å². The van der Waals surface area contributed by atoms with E-state index in [0.29, 0.717) is 25.2 Å². The number of nitrogens with zero attached hydrogens (tertiary/aromatic N) is 2. The molecule has 0 aromatic heterocycles. The SMILES string of the molecule is C1=CC[N-]CC1.C1CC[N-]CC1.CC(O)CC(O)CC(O)C1CCCCC1.CC(O)CC(O)CC(O)c1ccccc1.[Cu+].[Cu+]. The molecule has 264 valence electrons. The zero-order valence-corrected chi connectivity index (χ0v) is 28.7. The smallest absolute Gasteiger partial charge is 0.662 e. The van der Waals surface area contributed by atoms with Crippen molar-refractivity contribution in [2.24, 2.45) is 5.92 Å². The maximum atomic E-state index is 9.92.